The monoisotopic (exact) mass is 298 g/mol. The Balaban J connectivity index is 2.07. The van der Waals surface area contributed by atoms with Gasteiger partial charge in [0.15, 0.2) is 5.75 Å². The lowest BCUT2D eigenvalue weighted by molar-refractivity contribution is 0.246. The summed E-state index contributed by atoms with van der Waals surface area (Å²) in [6, 6.07) is 16.7. The van der Waals surface area contributed by atoms with E-state index in [2.05, 4.69) is 24.5 Å². The van der Waals surface area contributed by atoms with Crippen molar-refractivity contribution in [1.82, 2.24) is 5.32 Å². The van der Waals surface area contributed by atoms with Crippen molar-refractivity contribution < 1.29 is 9.53 Å². The molecule has 116 valence electrons. The fraction of sp³-hybridized carbons (Fsp3) is 0.278. The third-order valence-corrected chi connectivity index (χ3v) is 3.47. The van der Waals surface area contributed by atoms with E-state index in [0.29, 0.717) is 17.4 Å². The van der Waals surface area contributed by atoms with Gasteiger partial charge in [-0.15, -0.1) is 0 Å². The maximum Gasteiger partial charge on any atom is 0.319 e. The Morgan fingerprint density at radius 3 is 2.27 bits per heavy atom. The SMILES string of the molecule is CC(C)C(C)NC(=O)Nc1ccccc1Oc1ccccc1. The fourth-order valence-corrected chi connectivity index (χ4v) is 1.81. The van der Waals surface area contributed by atoms with Crippen LogP contribution in [0.2, 0.25) is 0 Å². The molecule has 1 atom stereocenters. The Labute approximate surface area is 131 Å². The number of hydrogen-bond acceptors (Lipinski definition) is 2. The van der Waals surface area contributed by atoms with Crippen LogP contribution in [0.5, 0.6) is 11.5 Å². The number of nitrogens with one attached hydrogen (secondary N) is 2. The summed E-state index contributed by atoms with van der Waals surface area (Å²) in [4.78, 5) is 12.1. The Bertz CT molecular complexity index is 611. The highest BCUT2D eigenvalue weighted by atomic mass is 16.5. The summed E-state index contributed by atoms with van der Waals surface area (Å²) in [5.74, 6) is 1.72. The van der Waals surface area contributed by atoms with E-state index >= 15 is 0 Å². The molecule has 0 aromatic heterocycles. The van der Waals surface area contributed by atoms with Gasteiger partial charge in [-0.3, -0.25) is 0 Å². The summed E-state index contributed by atoms with van der Waals surface area (Å²) >= 11 is 0. The number of ether oxygens (including phenoxy) is 1. The van der Waals surface area contributed by atoms with Crippen LogP contribution in [0.15, 0.2) is 54.6 Å². The minimum absolute atomic E-state index is 0.0993. The molecule has 1 unspecified atom stereocenters. The summed E-state index contributed by atoms with van der Waals surface area (Å²) < 4.78 is 5.82. The first-order valence-corrected chi connectivity index (χ1v) is 7.45. The van der Waals surface area contributed by atoms with Gasteiger partial charge in [0.2, 0.25) is 0 Å². The average molecular weight is 298 g/mol. The van der Waals surface area contributed by atoms with Gasteiger partial charge < -0.3 is 15.4 Å². The molecular weight excluding hydrogens is 276 g/mol. The lowest BCUT2D eigenvalue weighted by Gasteiger charge is -2.18. The van der Waals surface area contributed by atoms with Crippen LogP contribution in [0.3, 0.4) is 0 Å². The van der Waals surface area contributed by atoms with Crippen LogP contribution in [-0.4, -0.2) is 12.1 Å². The number of para-hydroxylation sites is 3. The molecule has 4 heteroatoms. The van der Waals surface area contributed by atoms with Crippen LogP contribution in [0.1, 0.15) is 20.8 Å². The van der Waals surface area contributed by atoms with Gasteiger partial charge in [0.1, 0.15) is 5.75 Å². The molecule has 0 aliphatic heterocycles. The average Bonchev–Trinajstić information content (AvgIpc) is 2.50. The highest BCUT2D eigenvalue weighted by molar-refractivity contribution is 5.91. The first kappa shape index (κ1) is 15.9. The standard InChI is InChI=1S/C18H22N2O2/c1-13(2)14(3)19-18(21)20-16-11-7-8-12-17(16)22-15-9-5-4-6-10-15/h4-14H,1-3H3,(H2,19,20,21). The van der Waals surface area contributed by atoms with Crippen LogP contribution in [0.4, 0.5) is 10.5 Å². The van der Waals surface area contributed by atoms with Gasteiger partial charge in [-0.05, 0) is 37.1 Å². The summed E-state index contributed by atoms with van der Waals surface area (Å²) in [5, 5.41) is 5.75. The summed E-state index contributed by atoms with van der Waals surface area (Å²) in [7, 11) is 0. The molecule has 2 aromatic carbocycles. The minimum Gasteiger partial charge on any atom is -0.455 e. The molecule has 2 aromatic rings. The second kappa shape index (κ2) is 7.50. The van der Waals surface area contributed by atoms with Gasteiger partial charge in [-0.2, -0.15) is 0 Å². The van der Waals surface area contributed by atoms with Crippen molar-refractivity contribution in [3.63, 3.8) is 0 Å². The van der Waals surface area contributed by atoms with Gasteiger partial charge in [0, 0.05) is 6.04 Å². The zero-order chi connectivity index (χ0) is 15.9. The van der Waals surface area contributed by atoms with Crippen LogP contribution < -0.4 is 15.4 Å². The van der Waals surface area contributed by atoms with Gasteiger partial charge >= 0.3 is 6.03 Å². The van der Waals surface area contributed by atoms with Crippen molar-refractivity contribution in [3.05, 3.63) is 54.6 Å². The first-order valence-electron chi connectivity index (χ1n) is 7.45. The topological polar surface area (TPSA) is 50.4 Å². The van der Waals surface area contributed by atoms with Gasteiger partial charge in [-0.1, -0.05) is 44.2 Å². The first-order chi connectivity index (χ1) is 10.6. The van der Waals surface area contributed by atoms with Gasteiger partial charge in [0.05, 0.1) is 5.69 Å². The van der Waals surface area contributed by atoms with Crippen molar-refractivity contribution in [1.29, 1.82) is 0 Å². The number of carbonyl (C=O) groups is 1. The number of benzene rings is 2. The smallest absolute Gasteiger partial charge is 0.319 e. The highest BCUT2D eigenvalue weighted by Gasteiger charge is 2.12. The van der Waals surface area contributed by atoms with E-state index in [0.717, 1.165) is 5.75 Å². The molecule has 22 heavy (non-hydrogen) atoms. The van der Waals surface area contributed by atoms with E-state index < -0.39 is 0 Å². The Hall–Kier alpha value is -2.49. The number of rotatable bonds is 5. The number of amides is 2. The molecule has 0 bridgehead atoms. The Morgan fingerprint density at radius 2 is 1.59 bits per heavy atom. The van der Waals surface area contributed by atoms with E-state index in [1.54, 1.807) is 0 Å². The zero-order valence-electron chi connectivity index (χ0n) is 13.2. The van der Waals surface area contributed by atoms with Crippen LogP contribution in [0.25, 0.3) is 0 Å². The van der Waals surface area contributed by atoms with E-state index in [4.69, 9.17) is 4.74 Å². The molecule has 2 amide bonds. The summed E-state index contributed by atoms with van der Waals surface area (Å²) in [6.45, 7) is 6.12. The molecule has 0 aliphatic rings. The largest absolute Gasteiger partial charge is 0.455 e. The van der Waals surface area contributed by atoms with Crippen molar-refractivity contribution in [3.8, 4) is 11.5 Å². The second-order valence-electron chi connectivity index (χ2n) is 5.54. The van der Waals surface area contributed by atoms with Crippen LogP contribution >= 0.6 is 0 Å². The quantitative estimate of drug-likeness (QED) is 0.844. The van der Waals surface area contributed by atoms with Crippen molar-refractivity contribution in [2.24, 2.45) is 5.92 Å². The molecule has 0 radical (unpaired) electrons. The van der Waals surface area contributed by atoms with Crippen LogP contribution in [-0.2, 0) is 0 Å². The molecule has 0 spiro atoms. The van der Waals surface area contributed by atoms with E-state index in [-0.39, 0.29) is 12.1 Å². The van der Waals surface area contributed by atoms with Crippen LogP contribution in [0, 0.1) is 5.92 Å². The van der Waals surface area contributed by atoms with Crippen molar-refractivity contribution in [2.45, 2.75) is 26.8 Å². The lowest BCUT2D eigenvalue weighted by Crippen LogP contribution is -2.39. The predicted molar refractivity (Wildman–Crippen MR) is 89.4 cm³/mol. The summed E-state index contributed by atoms with van der Waals surface area (Å²) in [5.41, 5.74) is 0.639. The van der Waals surface area contributed by atoms with E-state index in [1.165, 1.54) is 0 Å². The van der Waals surface area contributed by atoms with Gasteiger partial charge in [-0.25, -0.2) is 4.79 Å². The molecule has 0 saturated heterocycles. The Morgan fingerprint density at radius 1 is 0.955 bits per heavy atom. The maximum absolute atomic E-state index is 12.1. The molecule has 0 heterocycles. The number of carbonyl (C=O) groups excluding carboxylic acids is 1. The highest BCUT2D eigenvalue weighted by Crippen LogP contribution is 2.28. The second-order valence-corrected chi connectivity index (χ2v) is 5.54. The lowest BCUT2D eigenvalue weighted by atomic mass is 10.1. The number of urea groups is 1. The molecule has 0 aliphatic carbocycles. The molecular formula is C18H22N2O2. The zero-order valence-corrected chi connectivity index (χ0v) is 13.2. The third-order valence-electron chi connectivity index (χ3n) is 3.47. The third kappa shape index (κ3) is 4.52. The molecule has 4 nitrogen and oxygen atoms in total. The summed E-state index contributed by atoms with van der Waals surface area (Å²) in [6.07, 6.45) is 0. The number of anilines is 1. The molecule has 2 rings (SSSR count). The minimum atomic E-state index is -0.231. The predicted octanol–water partition coefficient (Wildman–Crippen LogP) is 4.64. The Kier molecular flexibility index (Phi) is 5.42. The number of hydrogen-bond donors (Lipinski definition) is 2. The van der Waals surface area contributed by atoms with Gasteiger partial charge in [0.25, 0.3) is 0 Å². The maximum atomic E-state index is 12.1. The molecule has 0 fully saturated rings. The van der Waals surface area contributed by atoms with Crippen molar-refractivity contribution in [2.75, 3.05) is 5.32 Å². The molecule has 2 N–H and O–H groups in total. The fourth-order valence-electron chi connectivity index (χ4n) is 1.81. The van der Waals surface area contributed by atoms with Crippen molar-refractivity contribution >= 4 is 11.7 Å². The molecule has 0 saturated carbocycles. The normalized spacial score (nSPS) is 11.8. The van der Waals surface area contributed by atoms with E-state index in [1.807, 2.05) is 61.5 Å². The van der Waals surface area contributed by atoms with E-state index in [9.17, 15) is 4.79 Å².